The summed E-state index contributed by atoms with van der Waals surface area (Å²) in [6.07, 6.45) is 1.47. The second kappa shape index (κ2) is 7.07. The molecule has 1 heterocycles. The van der Waals surface area contributed by atoms with Crippen molar-refractivity contribution in [2.75, 3.05) is 25.4 Å². The van der Waals surface area contributed by atoms with Crippen LogP contribution in [-0.2, 0) is 6.54 Å². The lowest BCUT2D eigenvalue weighted by Gasteiger charge is -2.20. The molecule has 0 spiro atoms. The normalized spacial score (nSPS) is 13.0. The first-order valence-electron chi connectivity index (χ1n) is 7.32. The van der Waals surface area contributed by atoms with Crippen LogP contribution in [0.4, 0.5) is 5.69 Å². The number of aromatic nitrogens is 1. The second-order valence-electron chi connectivity index (χ2n) is 5.22. The Kier molecular flexibility index (Phi) is 5.39. The highest BCUT2D eigenvalue weighted by molar-refractivity contribution is 6.31. The van der Waals surface area contributed by atoms with E-state index in [1.54, 1.807) is 0 Å². The maximum Gasteiger partial charge on any atom is 0.216 e. The molecule has 21 heavy (non-hydrogen) atoms. The van der Waals surface area contributed by atoms with Crippen LogP contribution >= 0.6 is 11.6 Å². The molecule has 0 bridgehead atoms. The number of hydrogen-bond donors (Lipinski definition) is 2. The second-order valence-corrected chi connectivity index (χ2v) is 5.66. The molecule has 5 heteroatoms. The minimum Gasteiger partial charge on any atom is -0.398 e. The number of likely N-dealkylation sites (N-methyl/N-ethyl adjacent to an activating group) is 1. The summed E-state index contributed by atoms with van der Waals surface area (Å²) < 4.78 is 2.01. The summed E-state index contributed by atoms with van der Waals surface area (Å²) in [7, 11) is 0. The lowest BCUT2D eigenvalue weighted by atomic mass is 10.1. The lowest BCUT2D eigenvalue weighted by Crippen LogP contribution is -2.45. The monoisotopic (exact) mass is 308 g/mol. The van der Waals surface area contributed by atoms with E-state index in [4.69, 9.17) is 17.3 Å². The average Bonchev–Trinajstić information content (AvgIpc) is 2.47. The first-order valence-corrected chi connectivity index (χ1v) is 7.70. The van der Waals surface area contributed by atoms with E-state index in [0.717, 1.165) is 29.7 Å². The van der Waals surface area contributed by atoms with Gasteiger partial charge in [-0.2, -0.15) is 4.57 Å². The predicted molar refractivity (Wildman–Crippen MR) is 87.4 cm³/mol. The van der Waals surface area contributed by atoms with E-state index in [2.05, 4.69) is 18.7 Å². The van der Waals surface area contributed by atoms with Crippen molar-refractivity contribution >= 4 is 28.2 Å². The van der Waals surface area contributed by atoms with Crippen molar-refractivity contribution in [3.05, 3.63) is 35.5 Å². The lowest BCUT2D eigenvalue weighted by molar-refractivity contribution is -0.678. The van der Waals surface area contributed by atoms with E-state index >= 15 is 0 Å². The summed E-state index contributed by atoms with van der Waals surface area (Å²) in [4.78, 5) is 2.21. The molecule has 114 valence electrons. The SMILES string of the molecule is CCN(CC)CC(O)C[n+]1ccc(N)c2ccc(Cl)cc21. The Morgan fingerprint density at radius 3 is 2.67 bits per heavy atom. The molecule has 3 N–H and O–H groups in total. The van der Waals surface area contributed by atoms with Crippen molar-refractivity contribution in [2.24, 2.45) is 0 Å². The van der Waals surface area contributed by atoms with Gasteiger partial charge in [-0.15, -0.1) is 0 Å². The van der Waals surface area contributed by atoms with Crippen LogP contribution in [0, 0.1) is 0 Å². The first-order chi connectivity index (χ1) is 10.0. The first kappa shape index (κ1) is 16.0. The molecule has 0 saturated carbocycles. The largest absolute Gasteiger partial charge is 0.398 e. The van der Waals surface area contributed by atoms with Crippen molar-refractivity contribution in [3.63, 3.8) is 0 Å². The van der Waals surface area contributed by atoms with Crippen molar-refractivity contribution in [1.82, 2.24) is 4.90 Å². The molecule has 1 atom stereocenters. The molecular weight excluding hydrogens is 286 g/mol. The highest BCUT2D eigenvalue weighted by atomic mass is 35.5. The average molecular weight is 309 g/mol. The Labute approximate surface area is 130 Å². The van der Waals surface area contributed by atoms with Crippen molar-refractivity contribution in [1.29, 1.82) is 0 Å². The summed E-state index contributed by atoms with van der Waals surface area (Å²) in [5.74, 6) is 0. The Bertz CT molecular complexity index is 614. The maximum atomic E-state index is 10.3. The van der Waals surface area contributed by atoms with E-state index in [9.17, 15) is 5.11 Å². The summed E-state index contributed by atoms with van der Waals surface area (Å²) >= 11 is 6.08. The van der Waals surface area contributed by atoms with Gasteiger partial charge in [0.15, 0.2) is 12.7 Å². The molecule has 0 aliphatic rings. The number of benzene rings is 1. The third-order valence-corrected chi connectivity index (χ3v) is 4.02. The number of pyridine rings is 1. The number of aliphatic hydroxyl groups excluding tert-OH is 1. The van der Waals surface area contributed by atoms with Crippen LogP contribution in [0.2, 0.25) is 5.02 Å². The summed E-state index contributed by atoms with van der Waals surface area (Å²) in [6.45, 7) is 7.25. The van der Waals surface area contributed by atoms with Crippen LogP contribution in [0.3, 0.4) is 0 Å². The maximum absolute atomic E-state index is 10.3. The minimum atomic E-state index is -0.430. The van der Waals surface area contributed by atoms with Gasteiger partial charge in [-0.3, -0.25) is 0 Å². The van der Waals surface area contributed by atoms with Gasteiger partial charge in [0, 0.05) is 23.7 Å². The molecule has 0 fully saturated rings. The quantitative estimate of drug-likeness (QED) is 0.803. The van der Waals surface area contributed by atoms with Gasteiger partial charge in [0.2, 0.25) is 5.52 Å². The summed E-state index contributed by atoms with van der Waals surface area (Å²) in [6, 6.07) is 7.49. The molecule has 1 aromatic carbocycles. The fourth-order valence-corrected chi connectivity index (χ4v) is 2.72. The third kappa shape index (κ3) is 3.84. The zero-order valence-electron chi connectivity index (χ0n) is 12.6. The van der Waals surface area contributed by atoms with Crippen LogP contribution in [-0.4, -0.2) is 35.7 Å². The van der Waals surface area contributed by atoms with Gasteiger partial charge in [0.25, 0.3) is 0 Å². The van der Waals surface area contributed by atoms with E-state index in [1.165, 1.54) is 0 Å². The van der Waals surface area contributed by atoms with Gasteiger partial charge < -0.3 is 15.7 Å². The molecule has 4 nitrogen and oxygen atoms in total. The van der Waals surface area contributed by atoms with Gasteiger partial charge in [0.05, 0.1) is 11.1 Å². The number of nitrogen functional groups attached to an aromatic ring is 1. The number of anilines is 1. The highest BCUT2D eigenvalue weighted by Gasteiger charge is 2.18. The van der Waals surface area contributed by atoms with E-state index in [-0.39, 0.29) is 0 Å². The van der Waals surface area contributed by atoms with E-state index in [1.807, 2.05) is 35.0 Å². The van der Waals surface area contributed by atoms with Crippen LogP contribution in [0.25, 0.3) is 10.9 Å². The zero-order chi connectivity index (χ0) is 15.4. The number of nitrogens with two attached hydrogens (primary N) is 1. The molecule has 2 aromatic rings. The number of aliphatic hydroxyl groups is 1. The Morgan fingerprint density at radius 1 is 1.29 bits per heavy atom. The summed E-state index contributed by atoms with van der Waals surface area (Å²) in [5.41, 5.74) is 7.67. The van der Waals surface area contributed by atoms with Gasteiger partial charge in [-0.25, -0.2) is 0 Å². The van der Waals surface area contributed by atoms with Crippen LogP contribution < -0.4 is 10.3 Å². The van der Waals surface area contributed by atoms with Crippen molar-refractivity contribution in [3.8, 4) is 0 Å². The standard InChI is InChI=1S/C16H22ClN3O/c1-3-19(4-2)10-13(21)11-20-8-7-15(18)14-6-5-12(17)9-16(14)20/h5-9,13,18,21H,3-4,10-11H2,1-2H3/p+1. The Hall–Kier alpha value is -1.36. The summed E-state index contributed by atoms with van der Waals surface area (Å²) in [5, 5.41) is 11.9. The molecule has 1 aromatic heterocycles. The predicted octanol–water partition coefficient (Wildman–Crippen LogP) is 2.07. The van der Waals surface area contributed by atoms with E-state index < -0.39 is 6.10 Å². The van der Waals surface area contributed by atoms with Gasteiger partial charge in [0.1, 0.15) is 6.10 Å². The molecule has 0 aliphatic carbocycles. The molecule has 0 aliphatic heterocycles. The molecular formula is C16H23ClN3O+. The Balaban J connectivity index is 2.26. The molecule has 1 unspecified atom stereocenters. The molecule has 2 rings (SSSR count). The van der Waals surface area contributed by atoms with Crippen molar-refractivity contribution < 1.29 is 9.67 Å². The fraction of sp³-hybridized carbons (Fsp3) is 0.438. The fourth-order valence-electron chi connectivity index (χ4n) is 2.55. The van der Waals surface area contributed by atoms with E-state index in [0.29, 0.717) is 18.1 Å². The zero-order valence-corrected chi connectivity index (χ0v) is 13.3. The smallest absolute Gasteiger partial charge is 0.216 e. The number of halogens is 1. The van der Waals surface area contributed by atoms with Gasteiger partial charge in [-0.05, 0) is 25.2 Å². The van der Waals surface area contributed by atoms with Crippen molar-refractivity contribution in [2.45, 2.75) is 26.5 Å². The number of nitrogens with zero attached hydrogens (tertiary/aromatic N) is 2. The molecule has 0 radical (unpaired) electrons. The highest BCUT2D eigenvalue weighted by Crippen LogP contribution is 2.21. The minimum absolute atomic E-state index is 0.430. The molecule has 0 amide bonds. The van der Waals surface area contributed by atoms with Gasteiger partial charge >= 0.3 is 0 Å². The van der Waals surface area contributed by atoms with Crippen LogP contribution in [0.15, 0.2) is 30.5 Å². The third-order valence-electron chi connectivity index (χ3n) is 3.79. The van der Waals surface area contributed by atoms with Crippen LogP contribution in [0.1, 0.15) is 13.8 Å². The topological polar surface area (TPSA) is 53.4 Å². The van der Waals surface area contributed by atoms with Gasteiger partial charge in [-0.1, -0.05) is 25.4 Å². The van der Waals surface area contributed by atoms with Crippen LogP contribution in [0.5, 0.6) is 0 Å². The number of rotatable bonds is 6. The number of hydrogen-bond acceptors (Lipinski definition) is 3. The number of fused-ring (bicyclic) bond motifs is 1. The Morgan fingerprint density at radius 2 is 2.00 bits per heavy atom. The molecule has 0 saturated heterocycles.